The molecule has 0 bridgehead atoms. The molecule has 0 unspecified atom stereocenters. The summed E-state index contributed by atoms with van der Waals surface area (Å²) in [5.41, 5.74) is 3.49. The number of phenolic OH excluding ortho intramolecular Hbond substituents is 1. The molecule has 11 heteroatoms. The zero-order valence-corrected chi connectivity index (χ0v) is 26.8. The molecule has 2 aromatic heterocycles. The molecule has 11 nitrogen and oxygen atoms in total. The van der Waals surface area contributed by atoms with E-state index in [1.54, 1.807) is 46.9 Å². The van der Waals surface area contributed by atoms with Gasteiger partial charge in [-0.15, -0.1) is 0 Å². The number of aromatic nitrogens is 2. The van der Waals surface area contributed by atoms with Crippen molar-refractivity contribution in [3.05, 3.63) is 89.5 Å². The first-order chi connectivity index (χ1) is 21.9. The molecule has 1 N–H and O–H groups in total. The number of benzene rings is 2. The van der Waals surface area contributed by atoms with E-state index in [0.29, 0.717) is 73.6 Å². The van der Waals surface area contributed by atoms with Crippen LogP contribution in [0.1, 0.15) is 22.5 Å². The molecule has 0 aliphatic rings. The van der Waals surface area contributed by atoms with Crippen LogP contribution < -0.4 is 28.4 Å². The molecule has 2 aromatic carbocycles. The highest BCUT2D eigenvalue weighted by Gasteiger charge is 2.23. The van der Waals surface area contributed by atoms with Crippen LogP contribution in [0.4, 0.5) is 0 Å². The van der Waals surface area contributed by atoms with E-state index in [-0.39, 0.29) is 11.5 Å². The predicted molar refractivity (Wildman–Crippen MR) is 171 cm³/mol. The summed E-state index contributed by atoms with van der Waals surface area (Å²) in [7, 11) is 9.38. The first kappa shape index (κ1) is 33.2. The van der Waals surface area contributed by atoms with E-state index in [9.17, 15) is 5.11 Å². The Morgan fingerprint density at radius 1 is 0.556 bits per heavy atom. The molecule has 4 aromatic rings. The Kier molecular flexibility index (Phi) is 12.1. The van der Waals surface area contributed by atoms with Gasteiger partial charge < -0.3 is 33.5 Å². The van der Waals surface area contributed by atoms with E-state index in [0.717, 1.165) is 17.0 Å². The van der Waals surface area contributed by atoms with E-state index in [4.69, 9.17) is 28.4 Å². The molecule has 0 aliphatic carbocycles. The molecule has 0 saturated heterocycles. The van der Waals surface area contributed by atoms with E-state index in [1.165, 1.54) is 14.2 Å². The van der Waals surface area contributed by atoms with Crippen molar-refractivity contribution >= 4 is 0 Å². The Labute approximate surface area is 264 Å². The number of nitrogens with zero attached hydrogens (tertiary/aromatic N) is 4. The number of methoxy groups -OCH3 is 6. The number of hydrogen-bond acceptors (Lipinski definition) is 11. The zero-order valence-electron chi connectivity index (χ0n) is 26.8. The molecule has 0 amide bonds. The maximum Gasteiger partial charge on any atom is 0.207 e. The van der Waals surface area contributed by atoms with Gasteiger partial charge in [-0.1, -0.05) is 12.1 Å². The molecule has 4 rings (SSSR count). The van der Waals surface area contributed by atoms with Crippen LogP contribution in [-0.2, 0) is 26.2 Å². The third kappa shape index (κ3) is 8.46. The van der Waals surface area contributed by atoms with Crippen LogP contribution in [0.3, 0.4) is 0 Å². The SMILES string of the molecule is COc1cc(CN(CCN(Cc2ccccn2)Cc2cc(OC)c(OC)c(OC)c2O)Cc2ccccn2)cc(OC)c1OC. The van der Waals surface area contributed by atoms with Crippen molar-refractivity contribution < 1.29 is 33.5 Å². The van der Waals surface area contributed by atoms with E-state index in [1.807, 2.05) is 48.5 Å². The summed E-state index contributed by atoms with van der Waals surface area (Å²) in [6.45, 7) is 3.49. The van der Waals surface area contributed by atoms with Crippen molar-refractivity contribution in [2.75, 3.05) is 55.7 Å². The number of ether oxygens (including phenoxy) is 6. The lowest BCUT2D eigenvalue weighted by atomic mass is 10.1. The van der Waals surface area contributed by atoms with Crippen LogP contribution in [0.25, 0.3) is 0 Å². The van der Waals surface area contributed by atoms with Gasteiger partial charge in [0.05, 0.1) is 54.0 Å². The summed E-state index contributed by atoms with van der Waals surface area (Å²) in [4.78, 5) is 13.7. The molecule has 0 fully saturated rings. The van der Waals surface area contributed by atoms with E-state index >= 15 is 0 Å². The molecule has 0 atom stereocenters. The summed E-state index contributed by atoms with van der Waals surface area (Å²) in [6, 6.07) is 17.5. The first-order valence-corrected chi connectivity index (χ1v) is 14.5. The van der Waals surface area contributed by atoms with Crippen molar-refractivity contribution in [2.24, 2.45) is 0 Å². The summed E-state index contributed by atoms with van der Waals surface area (Å²) in [5, 5.41) is 11.2. The topological polar surface area (TPSA) is 108 Å². The standard InChI is InChI=1S/C34H42N4O7/c1-40-28-17-24(18-29(41-2)32(28)43-4)20-37(22-26-11-7-9-13-35-26)15-16-38(23-27-12-8-10-14-36-27)21-25-19-30(42-3)33(44-5)34(45-6)31(25)39/h7-14,17-19,39H,15-16,20-23H2,1-6H3. The number of phenols is 1. The first-order valence-electron chi connectivity index (χ1n) is 14.5. The van der Waals surface area contributed by atoms with Gasteiger partial charge in [-0.05, 0) is 48.0 Å². The maximum atomic E-state index is 11.2. The third-order valence-corrected chi connectivity index (χ3v) is 7.36. The molecule has 0 radical (unpaired) electrons. The van der Waals surface area contributed by atoms with Crippen molar-refractivity contribution in [3.8, 4) is 40.2 Å². The highest BCUT2D eigenvalue weighted by Crippen LogP contribution is 2.46. The van der Waals surface area contributed by atoms with Crippen molar-refractivity contribution in [3.63, 3.8) is 0 Å². The molecule has 0 spiro atoms. The van der Waals surface area contributed by atoms with Crippen LogP contribution in [0.15, 0.2) is 67.0 Å². The second kappa shape index (κ2) is 16.4. The molecule has 0 aliphatic heterocycles. The van der Waals surface area contributed by atoms with Crippen LogP contribution in [0.5, 0.6) is 40.2 Å². The van der Waals surface area contributed by atoms with Gasteiger partial charge in [0, 0.05) is 57.2 Å². The summed E-state index contributed by atoms with van der Waals surface area (Å²) >= 11 is 0. The average Bonchev–Trinajstić information content (AvgIpc) is 3.07. The van der Waals surface area contributed by atoms with Crippen LogP contribution in [0, 0.1) is 0 Å². The molecular weight excluding hydrogens is 576 g/mol. The van der Waals surface area contributed by atoms with Gasteiger partial charge >= 0.3 is 0 Å². The lowest BCUT2D eigenvalue weighted by Crippen LogP contribution is -2.34. The Morgan fingerprint density at radius 3 is 1.49 bits per heavy atom. The van der Waals surface area contributed by atoms with Gasteiger partial charge in [0.1, 0.15) is 0 Å². The largest absolute Gasteiger partial charge is 0.504 e. The minimum absolute atomic E-state index is 0.00364. The number of rotatable bonds is 17. The fourth-order valence-corrected chi connectivity index (χ4v) is 5.19. The van der Waals surface area contributed by atoms with Gasteiger partial charge in [-0.2, -0.15) is 0 Å². The van der Waals surface area contributed by atoms with Crippen molar-refractivity contribution in [2.45, 2.75) is 26.2 Å². The number of pyridine rings is 2. The van der Waals surface area contributed by atoms with Crippen LogP contribution in [-0.4, -0.2) is 80.6 Å². The van der Waals surface area contributed by atoms with Crippen LogP contribution in [0.2, 0.25) is 0 Å². The third-order valence-electron chi connectivity index (χ3n) is 7.36. The minimum Gasteiger partial charge on any atom is -0.504 e. The normalized spacial score (nSPS) is 11.0. The van der Waals surface area contributed by atoms with Gasteiger partial charge in [0.2, 0.25) is 17.2 Å². The van der Waals surface area contributed by atoms with E-state index in [2.05, 4.69) is 19.8 Å². The van der Waals surface area contributed by atoms with Crippen molar-refractivity contribution in [1.29, 1.82) is 0 Å². The lowest BCUT2D eigenvalue weighted by Gasteiger charge is -2.28. The van der Waals surface area contributed by atoms with Gasteiger partial charge in [0.25, 0.3) is 0 Å². The maximum absolute atomic E-state index is 11.2. The zero-order chi connectivity index (χ0) is 32.2. The summed E-state index contributed by atoms with van der Waals surface area (Å²) < 4.78 is 33.3. The predicted octanol–water partition coefficient (Wildman–Crippen LogP) is 4.94. The minimum atomic E-state index is 0.00364. The van der Waals surface area contributed by atoms with Crippen LogP contribution >= 0.6 is 0 Å². The molecule has 0 saturated carbocycles. The molecular formula is C34H42N4O7. The molecule has 2 heterocycles. The average molecular weight is 619 g/mol. The monoisotopic (exact) mass is 618 g/mol. The van der Waals surface area contributed by atoms with Crippen molar-refractivity contribution in [1.82, 2.24) is 19.8 Å². The van der Waals surface area contributed by atoms with Gasteiger partial charge in [-0.3, -0.25) is 19.8 Å². The summed E-state index contributed by atoms with van der Waals surface area (Å²) in [5.74, 6) is 2.78. The second-order valence-corrected chi connectivity index (χ2v) is 10.3. The molecule has 45 heavy (non-hydrogen) atoms. The summed E-state index contributed by atoms with van der Waals surface area (Å²) in [6.07, 6.45) is 3.58. The Morgan fingerprint density at radius 2 is 1.04 bits per heavy atom. The fourth-order valence-electron chi connectivity index (χ4n) is 5.19. The Hall–Kier alpha value is -4.74. The number of hydrogen-bond donors (Lipinski definition) is 1. The highest BCUT2D eigenvalue weighted by molar-refractivity contribution is 5.62. The number of aromatic hydroxyl groups is 1. The lowest BCUT2D eigenvalue weighted by molar-refractivity contribution is 0.178. The molecule has 240 valence electrons. The van der Waals surface area contributed by atoms with Gasteiger partial charge in [-0.25, -0.2) is 0 Å². The Bertz CT molecular complexity index is 1480. The quantitative estimate of drug-likeness (QED) is 0.174. The smallest absolute Gasteiger partial charge is 0.207 e. The van der Waals surface area contributed by atoms with Gasteiger partial charge in [0.15, 0.2) is 23.0 Å². The van der Waals surface area contributed by atoms with E-state index < -0.39 is 0 Å². The fraction of sp³-hybridized carbons (Fsp3) is 0.353. The second-order valence-electron chi connectivity index (χ2n) is 10.3. The Balaban J connectivity index is 1.65. The highest BCUT2D eigenvalue weighted by atomic mass is 16.5.